The predicted molar refractivity (Wildman–Crippen MR) is 78.3 cm³/mol. The van der Waals surface area contributed by atoms with E-state index in [-0.39, 0.29) is 5.60 Å². The van der Waals surface area contributed by atoms with Crippen molar-refractivity contribution in [3.8, 4) is 0 Å². The van der Waals surface area contributed by atoms with Crippen LogP contribution in [0.15, 0.2) is 0 Å². The molecule has 112 valence electrons. The lowest BCUT2D eigenvalue weighted by Gasteiger charge is -2.47. The molecule has 3 heteroatoms. The molecular formula is C16H31NO2. The van der Waals surface area contributed by atoms with E-state index in [9.17, 15) is 0 Å². The van der Waals surface area contributed by atoms with Gasteiger partial charge in [0.25, 0.3) is 0 Å². The van der Waals surface area contributed by atoms with Crippen LogP contribution in [-0.2, 0) is 4.74 Å². The van der Waals surface area contributed by atoms with E-state index in [1.807, 2.05) is 0 Å². The summed E-state index contributed by atoms with van der Waals surface area (Å²) >= 11 is 0. The Morgan fingerprint density at radius 2 is 2.00 bits per heavy atom. The second-order valence-electron chi connectivity index (χ2n) is 6.65. The molecule has 1 unspecified atom stereocenters. The average Bonchev–Trinajstić information content (AvgIpc) is 2.40. The summed E-state index contributed by atoms with van der Waals surface area (Å²) in [6.07, 6.45) is 9.83. The number of rotatable bonds is 5. The molecule has 0 aromatic rings. The number of aliphatic hydroxyl groups is 1. The van der Waals surface area contributed by atoms with Gasteiger partial charge in [-0.1, -0.05) is 19.3 Å². The first kappa shape index (κ1) is 15.3. The van der Waals surface area contributed by atoms with Gasteiger partial charge >= 0.3 is 0 Å². The number of ether oxygens (including phenoxy) is 1. The molecule has 1 aliphatic heterocycles. The van der Waals surface area contributed by atoms with Crippen LogP contribution in [0, 0.1) is 0 Å². The molecule has 0 bridgehead atoms. The van der Waals surface area contributed by atoms with Crippen LogP contribution in [0.5, 0.6) is 0 Å². The summed E-state index contributed by atoms with van der Waals surface area (Å²) in [5.74, 6) is 0. The minimum atomic E-state index is 0.188. The summed E-state index contributed by atoms with van der Waals surface area (Å²) in [7, 11) is 0. The Kier molecular flexibility index (Phi) is 5.67. The Hall–Kier alpha value is -0.120. The van der Waals surface area contributed by atoms with Crippen LogP contribution >= 0.6 is 0 Å². The molecule has 1 saturated carbocycles. The van der Waals surface area contributed by atoms with E-state index in [1.54, 1.807) is 0 Å². The van der Waals surface area contributed by atoms with Gasteiger partial charge in [-0.2, -0.15) is 0 Å². The van der Waals surface area contributed by atoms with Gasteiger partial charge in [-0.05, 0) is 46.0 Å². The van der Waals surface area contributed by atoms with Crippen LogP contribution in [0.4, 0.5) is 0 Å². The molecular weight excluding hydrogens is 238 g/mol. The van der Waals surface area contributed by atoms with Crippen molar-refractivity contribution in [1.29, 1.82) is 0 Å². The van der Waals surface area contributed by atoms with Gasteiger partial charge < -0.3 is 9.84 Å². The molecule has 19 heavy (non-hydrogen) atoms. The van der Waals surface area contributed by atoms with Crippen molar-refractivity contribution < 1.29 is 9.84 Å². The summed E-state index contributed by atoms with van der Waals surface area (Å²) in [5.41, 5.74) is 0.188. The first-order valence-electron chi connectivity index (χ1n) is 8.17. The Balaban J connectivity index is 1.97. The first-order valence-corrected chi connectivity index (χ1v) is 8.17. The molecule has 2 rings (SSSR count). The molecule has 1 aliphatic carbocycles. The maximum absolute atomic E-state index is 9.09. The highest BCUT2D eigenvalue weighted by molar-refractivity contribution is 4.93. The van der Waals surface area contributed by atoms with Gasteiger partial charge in [-0.25, -0.2) is 0 Å². The minimum absolute atomic E-state index is 0.188. The molecule has 2 aliphatic rings. The lowest BCUT2D eigenvalue weighted by molar-refractivity contribution is -0.127. The van der Waals surface area contributed by atoms with Crippen molar-refractivity contribution in [2.45, 2.75) is 82.9 Å². The molecule has 1 N–H and O–H groups in total. The highest BCUT2D eigenvalue weighted by atomic mass is 16.5. The van der Waals surface area contributed by atoms with E-state index in [0.29, 0.717) is 18.7 Å². The van der Waals surface area contributed by atoms with Gasteiger partial charge in [0.05, 0.1) is 5.60 Å². The fraction of sp³-hybridized carbons (Fsp3) is 1.00. The minimum Gasteiger partial charge on any atom is -0.396 e. The third kappa shape index (κ3) is 3.93. The molecule has 0 radical (unpaired) electrons. The van der Waals surface area contributed by atoms with Gasteiger partial charge in [-0.15, -0.1) is 0 Å². The number of hydrogen-bond donors (Lipinski definition) is 1. The van der Waals surface area contributed by atoms with Crippen LogP contribution in [0.3, 0.4) is 0 Å². The zero-order valence-corrected chi connectivity index (χ0v) is 12.7. The molecule has 3 nitrogen and oxygen atoms in total. The molecule has 1 atom stereocenters. The molecule has 0 aromatic heterocycles. The van der Waals surface area contributed by atoms with Gasteiger partial charge in [0.2, 0.25) is 0 Å². The fourth-order valence-electron chi connectivity index (χ4n) is 3.95. The van der Waals surface area contributed by atoms with Gasteiger partial charge in [0.15, 0.2) is 0 Å². The average molecular weight is 269 g/mol. The van der Waals surface area contributed by atoms with Crippen molar-refractivity contribution in [2.24, 2.45) is 0 Å². The monoisotopic (exact) mass is 269 g/mol. The Labute approximate surface area is 118 Å². The van der Waals surface area contributed by atoms with Crippen molar-refractivity contribution >= 4 is 0 Å². The van der Waals surface area contributed by atoms with E-state index in [1.165, 1.54) is 38.5 Å². The second kappa shape index (κ2) is 7.05. The molecule has 0 amide bonds. The zero-order chi connectivity index (χ0) is 13.7. The Bertz CT molecular complexity index is 256. The first-order chi connectivity index (χ1) is 9.17. The predicted octanol–water partition coefficient (Wildman–Crippen LogP) is 2.96. The largest absolute Gasteiger partial charge is 0.396 e. The molecule has 1 spiro atoms. The number of aliphatic hydroxyl groups excluding tert-OH is 1. The van der Waals surface area contributed by atoms with Gasteiger partial charge in [0, 0.05) is 31.8 Å². The smallest absolute Gasteiger partial charge is 0.0697 e. The van der Waals surface area contributed by atoms with Crippen LogP contribution < -0.4 is 0 Å². The lowest BCUT2D eigenvalue weighted by Crippen LogP contribution is -2.51. The summed E-state index contributed by atoms with van der Waals surface area (Å²) in [6, 6.07) is 1.22. The van der Waals surface area contributed by atoms with E-state index < -0.39 is 0 Å². The quantitative estimate of drug-likeness (QED) is 0.833. The van der Waals surface area contributed by atoms with Gasteiger partial charge in [0.1, 0.15) is 0 Å². The van der Waals surface area contributed by atoms with Gasteiger partial charge in [-0.3, -0.25) is 4.90 Å². The number of hydrogen-bond acceptors (Lipinski definition) is 3. The highest BCUT2D eigenvalue weighted by Gasteiger charge is 2.40. The SMILES string of the molecule is CC(C)N(CCCO)C1CCOC2(CCCCC2)C1. The van der Waals surface area contributed by atoms with E-state index in [4.69, 9.17) is 9.84 Å². The molecule has 1 heterocycles. The lowest BCUT2D eigenvalue weighted by atomic mass is 9.77. The Morgan fingerprint density at radius 1 is 1.26 bits per heavy atom. The third-order valence-electron chi connectivity index (χ3n) is 4.94. The third-order valence-corrected chi connectivity index (χ3v) is 4.94. The standard InChI is InChI=1S/C16H31NO2/c1-14(2)17(10-6-11-18)15-7-12-19-16(13-15)8-4-3-5-9-16/h14-15,18H,3-13H2,1-2H3. The number of nitrogens with zero attached hydrogens (tertiary/aromatic N) is 1. The summed E-state index contributed by atoms with van der Waals surface area (Å²) in [4.78, 5) is 2.59. The van der Waals surface area contributed by atoms with Crippen molar-refractivity contribution in [3.05, 3.63) is 0 Å². The van der Waals surface area contributed by atoms with Crippen molar-refractivity contribution in [1.82, 2.24) is 4.90 Å². The maximum Gasteiger partial charge on any atom is 0.0697 e. The summed E-state index contributed by atoms with van der Waals surface area (Å²) < 4.78 is 6.19. The summed E-state index contributed by atoms with van der Waals surface area (Å²) in [6.45, 7) is 6.81. The molecule has 2 fully saturated rings. The second-order valence-corrected chi connectivity index (χ2v) is 6.65. The molecule has 1 saturated heterocycles. The van der Waals surface area contributed by atoms with Crippen LogP contribution in [-0.4, -0.2) is 47.4 Å². The molecule has 0 aromatic carbocycles. The van der Waals surface area contributed by atoms with Crippen molar-refractivity contribution in [3.63, 3.8) is 0 Å². The van der Waals surface area contributed by atoms with E-state index in [2.05, 4.69) is 18.7 Å². The van der Waals surface area contributed by atoms with Crippen LogP contribution in [0.25, 0.3) is 0 Å². The fourth-order valence-corrected chi connectivity index (χ4v) is 3.95. The van der Waals surface area contributed by atoms with E-state index in [0.717, 1.165) is 26.0 Å². The normalized spacial score (nSPS) is 27.3. The van der Waals surface area contributed by atoms with Crippen LogP contribution in [0.2, 0.25) is 0 Å². The van der Waals surface area contributed by atoms with E-state index >= 15 is 0 Å². The summed E-state index contributed by atoms with van der Waals surface area (Å²) in [5, 5.41) is 9.09. The maximum atomic E-state index is 9.09. The highest BCUT2D eigenvalue weighted by Crippen LogP contribution is 2.40. The van der Waals surface area contributed by atoms with Crippen molar-refractivity contribution in [2.75, 3.05) is 19.8 Å². The van der Waals surface area contributed by atoms with Crippen LogP contribution in [0.1, 0.15) is 65.2 Å². The Morgan fingerprint density at radius 3 is 2.63 bits per heavy atom. The zero-order valence-electron chi connectivity index (χ0n) is 12.7. The topological polar surface area (TPSA) is 32.7 Å².